The van der Waals surface area contributed by atoms with Gasteiger partial charge in [-0.3, -0.25) is 4.79 Å². The van der Waals surface area contributed by atoms with E-state index in [1.54, 1.807) is 11.8 Å². The highest BCUT2D eigenvalue weighted by Gasteiger charge is 2.14. The molecule has 0 radical (unpaired) electrons. The SMILES string of the molecule is CSc1ccc(C(=O)Nc2ccc(Nc3cc(N4CCOCC4)nc(C)n3)cc2)cc1. The van der Waals surface area contributed by atoms with Gasteiger partial charge in [-0.05, 0) is 61.7 Å². The maximum absolute atomic E-state index is 12.5. The van der Waals surface area contributed by atoms with Gasteiger partial charge in [-0.15, -0.1) is 11.8 Å². The molecule has 2 N–H and O–H groups in total. The van der Waals surface area contributed by atoms with Crippen molar-refractivity contribution in [1.29, 1.82) is 0 Å². The summed E-state index contributed by atoms with van der Waals surface area (Å²) in [6.07, 6.45) is 2.01. The van der Waals surface area contributed by atoms with Crippen LogP contribution in [0.25, 0.3) is 0 Å². The Morgan fingerprint density at radius 3 is 2.35 bits per heavy atom. The molecule has 0 spiro atoms. The summed E-state index contributed by atoms with van der Waals surface area (Å²) in [4.78, 5) is 24.8. The highest BCUT2D eigenvalue weighted by Crippen LogP contribution is 2.22. The Morgan fingerprint density at radius 2 is 1.68 bits per heavy atom. The number of hydrogen-bond acceptors (Lipinski definition) is 7. The molecule has 1 aromatic heterocycles. The van der Waals surface area contributed by atoms with Crippen LogP contribution in [0.15, 0.2) is 59.5 Å². The fourth-order valence-electron chi connectivity index (χ4n) is 3.30. The molecule has 0 atom stereocenters. The summed E-state index contributed by atoms with van der Waals surface area (Å²) in [6, 6.07) is 17.1. The Labute approximate surface area is 186 Å². The Kier molecular flexibility index (Phi) is 6.69. The lowest BCUT2D eigenvalue weighted by Crippen LogP contribution is -2.36. The second-order valence-electron chi connectivity index (χ2n) is 7.14. The van der Waals surface area contributed by atoms with E-state index < -0.39 is 0 Å². The summed E-state index contributed by atoms with van der Waals surface area (Å²) < 4.78 is 5.42. The van der Waals surface area contributed by atoms with Gasteiger partial charge in [0, 0.05) is 41.0 Å². The van der Waals surface area contributed by atoms with Crippen LogP contribution in [-0.2, 0) is 4.74 Å². The molecule has 160 valence electrons. The Balaban J connectivity index is 1.41. The van der Waals surface area contributed by atoms with E-state index in [1.165, 1.54) is 0 Å². The predicted molar refractivity (Wildman–Crippen MR) is 126 cm³/mol. The average molecular weight is 436 g/mol. The number of carbonyl (C=O) groups is 1. The van der Waals surface area contributed by atoms with Crippen molar-refractivity contribution in [2.75, 3.05) is 48.1 Å². The first-order chi connectivity index (χ1) is 15.1. The van der Waals surface area contributed by atoms with Crippen LogP contribution in [0.3, 0.4) is 0 Å². The molecule has 4 rings (SSSR count). The zero-order valence-corrected chi connectivity index (χ0v) is 18.4. The molecule has 7 nitrogen and oxygen atoms in total. The first-order valence-corrected chi connectivity index (χ1v) is 11.3. The van der Waals surface area contributed by atoms with E-state index in [9.17, 15) is 4.79 Å². The van der Waals surface area contributed by atoms with Gasteiger partial charge in [0.25, 0.3) is 5.91 Å². The lowest BCUT2D eigenvalue weighted by atomic mass is 10.2. The molecule has 1 saturated heterocycles. The van der Waals surface area contributed by atoms with Crippen molar-refractivity contribution in [3.05, 3.63) is 66.0 Å². The molecule has 1 amide bonds. The molecule has 1 aliphatic heterocycles. The van der Waals surface area contributed by atoms with Crippen molar-refractivity contribution in [2.24, 2.45) is 0 Å². The van der Waals surface area contributed by atoms with Crippen molar-refractivity contribution < 1.29 is 9.53 Å². The third-order valence-electron chi connectivity index (χ3n) is 4.93. The topological polar surface area (TPSA) is 79.4 Å². The molecule has 31 heavy (non-hydrogen) atoms. The second kappa shape index (κ2) is 9.80. The van der Waals surface area contributed by atoms with Crippen LogP contribution in [0.4, 0.5) is 23.0 Å². The summed E-state index contributed by atoms with van der Waals surface area (Å²) in [5.74, 6) is 2.21. The van der Waals surface area contributed by atoms with Gasteiger partial charge in [-0.1, -0.05) is 0 Å². The van der Waals surface area contributed by atoms with Gasteiger partial charge in [0.05, 0.1) is 13.2 Å². The van der Waals surface area contributed by atoms with Gasteiger partial charge < -0.3 is 20.3 Å². The molecule has 1 aliphatic rings. The van der Waals surface area contributed by atoms with Crippen molar-refractivity contribution in [3.8, 4) is 0 Å². The molecular formula is C23H25N5O2S. The Morgan fingerprint density at radius 1 is 1.00 bits per heavy atom. The number of aryl methyl sites for hydroxylation is 1. The maximum Gasteiger partial charge on any atom is 0.255 e. The van der Waals surface area contributed by atoms with Crippen LogP contribution >= 0.6 is 11.8 Å². The van der Waals surface area contributed by atoms with Crippen LogP contribution < -0.4 is 15.5 Å². The Hall–Kier alpha value is -3.10. The molecule has 8 heteroatoms. The summed E-state index contributed by atoms with van der Waals surface area (Å²) in [5.41, 5.74) is 2.25. The molecule has 1 fully saturated rings. The van der Waals surface area contributed by atoms with Gasteiger partial charge in [0.15, 0.2) is 0 Å². The van der Waals surface area contributed by atoms with Gasteiger partial charge in [-0.2, -0.15) is 0 Å². The first-order valence-electron chi connectivity index (χ1n) is 10.1. The van der Waals surface area contributed by atoms with E-state index >= 15 is 0 Å². The third kappa shape index (κ3) is 5.53. The van der Waals surface area contributed by atoms with E-state index in [2.05, 4.69) is 25.5 Å². The number of nitrogens with zero attached hydrogens (tertiary/aromatic N) is 3. The van der Waals surface area contributed by atoms with Crippen LogP contribution in [0.5, 0.6) is 0 Å². The Bertz CT molecular complexity index is 1030. The number of thioether (sulfide) groups is 1. The first kappa shape index (κ1) is 21.1. The van der Waals surface area contributed by atoms with Crippen LogP contribution in [0.1, 0.15) is 16.2 Å². The van der Waals surface area contributed by atoms with Crippen molar-refractivity contribution in [2.45, 2.75) is 11.8 Å². The molecule has 3 aromatic rings. The monoisotopic (exact) mass is 435 g/mol. The summed E-state index contributed by atoms with van der Waals surface area (Å²) >= 11 is 1.65. The maximum atomic E-state index is 12.5. The summed E-state index contributed by atoms with van der Waals surface area (Å²) in [5, 5.41) is 6.26. The van der Waals surface area contributed by atoms with Crippen molar-refractivity contribution in [1.82, 2.24) is 9.97 Å². The van der Waals surface area contributed by atoms with E-state index in [0.29, 0.717) is 24.6 Å². The molecule has 0 bridgehead atoms. The zero-order valence-electron chi connectivity index (χ0n) is 17.6. The average Bonchev–Trinajstić information content (AvgIpc) is 2.80. The van der Waals surface area contributed by atoms with Crippen LogP contribution in [0.2, 0.25) is 0 Å². The number of anilines is 4. The lowest BCUT2D eigenvalue weighted by molar-refractivity contribution is 0.102. The molecule has 2 heterocycles. The molecule has 0 saturated carbocycles. The number of nitrogens with one attached hydrogen (secondary N) is 2. The minimum absolute atomic E-state index is 0.130. The normalized spacial score (nSPS) is 13.7. The number of aromatic nitrogens is 2. The molecule has 0 unspecified atom stereocenters. The van der Waals surface area contributed by atoms with Gasteiger partial charge in [0.1, 0.15) is 17.5 Å². The van der Waals surface area contributed by atoms with E-state index in [4.69, 9.17) is 4.74 Å². The number of rotatable bonds is 6. The highest BCUT2D eigenvalue weighted by molar-refractivity contribution is 7.98. The quantitative estimate of drug-likeness (QED) is 0.558. The molecule has 2 aromatic carbocycles. The number of morpholine rings is 1. The van der Waals surface area contributed by atoms with Gasteiger partial charge in [0.2, 0.25) is 0 Å². The van der Waals surface area contributed by atoms with E-state index in [1.807, 2.05) is 67.8 Å². The fourth-order valence-corrected chi connectivity index (χ4v) is 3.71. The third-order valence-corrected chi connectivity index (χ3v) is 5.67. The van der Waals surface area contributed by atoms with Crippen molar-refractivity contribution >= 4 is 40.7 Å². The molecular weight excluding hydrogens is 410 g/mol. The number of carbonyl (C=O) groups excluding carboxylic acids is 1. The standard InChI is InChI=1S/C23H25N5O2S/c1-16-24-21(15-22(25-16)28-11-13-30-14-12-28)26-18-5-7-19(8-6-18)27-23(29)17-3-9-20(31-2)10-4-17/h3-10,15H,11-14H2,1-2H3,(H,27,29)(H,24,25,26). The highest BCUT2D eigenvalue weighted by atomic mass is 32.2. The largest absolute Gasteiger partial charge is 0.378 e. The van der Waals surface area contributed by atoms with Crippen LogP contribution in [0, 0.1) is 6.92 Å². The lowest BCUT2D eigenvalue weighted by Gasteiger charge is -2.28. The summed E-state index contributed by atoms with van der Waals surface area (Å²) in [7, 11) is 0. The van der Waals surface area contributed by atoms with E-state index in [0.717, 1.165) is 41.0 Å². The fraction of sp³-hybridized carbons (Fsp3) is 0.261. The van der Waals surface area contributed by atoms with Crippen molar-refractivity contribution in [3.63, 3.8) is 0 Å². The molecule has 0 aliphatic carbocycles. The van der Waals surface area contributed by atoms with Crippen LogP contribution in [-0.4, -0.2) is 48.4 Å². The smallest absolute Gasteiger partial charge is 0.255 e. The minimum atomic E-state index is -0.130. The van der Waals surface area contributed by atoms with Gasteiger partial charge >= 0.3 is 0 Å². The number of ether oxygens (including phenoxy) is 1. The second-order valence-corrected chi connectivity index (χ2v) is 8.02. The minimum Gasteiger partial charge on any atom is -0.378 e. The number of benzene rings is 2. The number of hydrogen-bond donors (Lipinski definition) is 2. The van der Waals surface area contributed by atoms with E-state index in [-0.39, 0.29) is 5.91 Å². The summed E-state index contributed by atoms with van der Waals surface area (Å²) in [6.45, 7) is 4.95. The predicted octanol–water partition coefficient (Wildman–Crippen LogP) is 4.34. The van der Waals surface area contributed by atoms with Gasteiger partial charge in [-0.25, -0.2) is 9.97 Å². The zero-order chi connectivity index (χ0) is 21.6. The number of amides is 1.